The molecule has 0 spiro atoms. The van der Waals surface area contributed by atoms with E-state index in [-0.39, 0.29) is 6.10 Å². The molecule has 0 fully saturated rings. The summed E-state index contributed by atoms with van der Waals surface area (Å²) in [6.07, 6.45) is 29.9. The number of rotatable bonds is 22. The van der Waals surface area contributed by atoms with Gasteiger partial charge in [-0.1, -0.05) is 132 Å². The van der Waals surface area contributed by atoms with Crippen LogP contribution in [0.1, 0.15) is 122 Å². The van der Waals surface area contributed by atoms with Gasteiger partial charge in [0.15, 0.2) is 0 Å². The number of hydrogen-bond acceptors (Lipinski definition) is 2. The lowest BCUT2D eigenvalue weighted by Crippen LogP contribution is -2.20. The summed E-state index contributed by atoms with van der Waals surface area (Å²) in [6.45, 7) is 4.51. The fourth-order valence-corrected chi connectivity index (χ4v) is 4.69. The highest BCUT2D eigenvalue weighted by atomic mass is 16.5. The van der Waals surface area contributed by atoms with E-state index in [2.05, 4.69) is 49.4 Å². The molecule has 1 aliphatic rings. The lowest BCUT2D eigenvalue weighted by atomic mass is 10.00. The van der Waals surface area contributed by atoms with Crippen LogP contribution in [0.5, 0.6) is 0 Å². The molecule has 0 amide bonds. The zero-order valence-corrected chi connectivity index (χ0v) is 22.2. The van der Waals surface area contributed by atoms with Crippen molar-refractivity contribution >= 4 is 0 Å². The van der Waals surface area contributed by atoms with Crippen molar-refractivity contribution in [1.82, 2.24) is 0 Å². The van der Waals surface area contributed by atoms with Gasteiger partial charge in [0, 0.05) is 6.61 Å². The zero-order chi connectivity index (χ0) is 23.9. The summed E-state index contributed by atoms with van der Waals surface area (Å²) in [5, 5.41) is 0. The molecule has 0 saturated heterocycles. The largest absolute Gasteiger partial charge is 0.379 e. The van der Waals surface area contributed by atoms with Crippen molar-refractivity contribution in [2.24, 2.45) is 0 Å². The molecule has 1 aromatic rings. The Labute approximate surface area is 211 Å². The third-order valence-corrected chi connectivity index (χ3v) is 6.82. The maximum absolute atomic E-state index is 6.08. The van der Waals surface area contributed by atoms with E-state index in [1.54, 1.807) is 5.57 Å². The molecule has 1 aromatic carbocycles. The molecule has 2 nitrogen and oxygen atoms in total. The van der Waals surface area contributed by atoms with Gasteiger partial charge in [-0.3, -0.25) is 0 Å². The first kappa shape index (κ1) is 28.9. The quantitative estimate of drug-likeness (QED) is 0.158. The summed E-state index contributed by atoms with van der Waals surface area (Å²) in [4.78, 5) is 0. The Morgan fingerprint density at radius 1 is 0.765 bits per heavy atom. The molecule has 2 rings (SSSR count). The van der Waals surface area contributed by atoms with Gasteiger partial charge < -0.3 is 9.47 Å². The van der Waals surface area contributed by atoms with Gasteiger partial charge in [-0.15, -0.1) is 0 Å². The molecule has 192 valence electrons. The van der Waals surface area contributed by atoms with E-state index in [1.165, 1.54) is 102 Å². The molecule has 0 aromatic heterocycles. The third kappa shape index (κ3) is 15.5. The minimum absolute atomic E-state index is 0.219. The Bertz CT molecular complexity index is 634. The highest BCUT2D eigenvalue weighted by molar-refractivity contribution is 5.21. The third-order valence-electron chi connectivity index (χ3n) is 6.82. The molecule has 1 unspecified atom stereocenters. The van der Waals surface area contributed by atoms with Crippen LogP contribution in [-0.2, 0) is 16.1 Å². The van der Waals surface area contributed by atoms with Crippen LogP contribution in [0.3, 0.4) is 0 Å². The van der Waals surface area contributed by atoms with Crippen LogP contribution < -0.4 is 0 Å². The van der Waals surface area contributed by atoms with Gasteiger partial charge in [0.05, 0.1) is 19.3 Å². The van der Waals surface area contributed by atoms with Gasteiger partial charge in [0.25, 0.3) is 0 Å². The number of ether oxygens (including phenoxy) is 2. The summed E-state index contributed by atoms with van der Waals surface area (Å²) in [5.41, 5.74) is 2.82. The van der Waals surface area contributed by atoms with E-state index in [4.69, 9.17) is 9.47 Å². The van der Waals surface area contributed by atoms with E-state index in [9.17, 15) is 0 Å². The van der Waals surface area contributed by atoms with Crippen molar-refractivity contribution in [2.75, 3.05) is 13.2 Å². The van der Waals surface area contributed by atoms with Crippen LogP contribution in [-0.4, -0.2) is 19.3 Å². The van der Waals surface area contributed by atoms with Gasteiger partial charge in [-0.2, -0.15) is 0 Å². The first-order valence-corrected chi connectivity index (χ1v) is 14.5. The van der Waals surface area contributed by atoms with Gasteiger partial charge >= 0.3 is 0 Å². The molecule has 0 radical (unpaired) electrons. The standard InChI is InChI=1S/C32H52O2/c1-2-21-32(34-28-31-25-18-14-19-26-31)29-33-27-20-12-10-8-6-4-3-5-7-9-11-15-22-30-23-16-13-17-24-30/h14,16,18-19,23-26,32H,2-13,15,17,20-22,27-29H2,1H3. The van der Waals surface area contributed by atoms with Crippen molar-refractivity contribution < 1.29 is 9.47 Å². The Kier molecular flexibility index (Phi) is 17.8. The summed E-state index contributed by atoms with van der Waals surface area (Å²) in [7, 11) is 0. The molecule has 2 heteroatoms. The topological polar surface area (TPSA) is 18.5 Å². The van der Waals surface area contributed by atoms with Crippen LogP contribution in [0, 0.1) is 0 Å². The fraction of sp³-hybridized carbons (Fsp3) is 0.688. The Balaban J connectivity index is 1.30. The molecule has 0 saturated carbocycles. The van der Waals surface area contributed by atoms with E-state index < -0.39 is 0 Å². The minimum Gasteiger partial charge on any atom is -0.379 e. The van der Waals surface area contributed by atoms with Gasteiger partial charge in [0.1, 0.15) is 0 Å². The molecule has 1 atom stereocenters. The summed E-state index contributed by atoms with van der Waals surface area (Å²) in [5.74, 6) is 0. The van der Waals surface area contributed by atoms with E-state index >= 15 is 0 Å². The molecule has 0 bridgehead atoms. The van der Waals surface area contributed by atoms with Crippen LogP contribution in [0.15, 0.2) is 54.1 Å². The first-order valence-electron chi connectivity index (χ1n) is 14.5. The summed E-state index contributed by atoms with van der Waals surface area (Å²) < 4.78 is 12.0. The van der Waals surface area contributed by atoms with E-state index in [0.717, 1.165) is 26.1 Å². The van der Waals surface area contributed by atoms with Crippen molar-refractivity contribution in [3.05, 3.63) is 59.7 Å². The van der Waals surface area contributed by atoms with Crippen LogP contribution in [0.25, 0.3) is 0 Å². The number of unbranched alkanes of at least 4 members (excludes halogenated alkanes) is 11. The lowest BCUT2D eigenvalue weighted by molar-refractivity contribution is -0.0295. The highest BCUT2D eigenvalue weighted by Gasteiger charge is 2.08. The molecular formula is C32H52O2. The number of hydrogen-bond donors (Lipinski definition) is 0. The fourth-order valence-electron chi connectivity index (χ4n) is 4.69. The summed E-state index contributed by atoms with van der Waals surface area (Å²) >= 11 is 0. The minimum atomic E-state index is 0.219. The van der Waals surface area contributed by atoms with Gasteiger partial charge in [0.2, 0.25) is 0 Å². The second kappa shape index (κ2) is 20.9. The number of benzene rings is 1. The molecule has 34 heavy (non-hydrogen) atoms. The van der Waals surface area contributed by atoms with E-state index in [0.29, 0.717) is 6.61 Å². The van der Waals surface area contributed by atoms with Crippen molar-refractivity contribution in [3.8, 4) is 0 Å². The van der Waals surface area contributed by atoms with Crippen molar-refractivity contribution in [3.63, 3.8) is 0 Å². The van der Waals surface area contributed by atoms with Crippen LogP contribution in [0.4, 0.5) is 0 Å². The Hall–Kier alpha value is -1.38. The maximum atomic E-state index is 6.08. The van der Waals surface area contributed by atoms with Crippen molar-refractivity contribution in [2.45, 2.75) is 129 Å². The molecule has 1 aliphatic carbocycles. The average Bonchev–Trinajstić information content (AvgIpc) is 2.88. The SMILES string of the molecule is CCCC(COCCCCCCCCCCCCCCC1=CCCC=C1)OCc1ccccc1. The number of allylic oxidation sites excluding steroid dienone is 4. The predicted octanol–water partition coefficient (Wildman–Crippen LogP) is 9.74. The monoisotopic (exact) mass is 468 g/mol. The molecule has 0 heterocycles. The van der Waals surface area contributed by atoms with Crippen LogP contribution in [0.2, 0.25) is 0 Å². The Morgan fingerprint density at radius 3 is 2.03 bits per heavy atom. The predicted molar refractivity (Wildman–Crippen MR) is 147 cm³/mol. The van der Waals surface area contributed by atoms with Gasteiger partial charge in [-0.05, 0) is 44.1 Å². The zero-order valence-electron chi connectivity index (χ0n) is 22.2. The normalized spacial score (nSPS) is 14.3. The Morgan fingerprint density at radius 2 is 1.41 bits per heavy atom. The van der Waals surface area contributed by atoms with E-state index in [1.807, 2.05) is 6.07 Å². The summed E-state index contributed by atoms with van der Waals surface area (Å²) in [6, 6.07) is 10.4. The lowest BCUT2D eigenvalue weighted by Gasteiger charge is -2.17. The average molecular weight is 469 g/mol. The smallest absolute Gasteiger partial charge is 0.0812 e. The molecule has 0 N–H and O–H groups in total. The van der Waals surface area contributed by atoms with Gasteiger partial charge in [-0.25, -0.2) is 0 Å². The second-order valence-corrected chi connectivity index (χ2v) is 10.0. The second-order valence-electron chi connectivity index (χ2n) is 10.0. The maximum Gasteiger partial charge on any atom is 0.0812 e. The first-order chi connectivity index (χ1) is 16.9. The highest BCUT2D eigenvalue weighted by Crippen LogP contribution is 2.18. The van der Waals surface area contributed by atoms with Crippen LogP contribution >= 0.6 is 0 Å². The molecule has 0 aliphatic heterocycles. The molecular weight excluding hydrogens is 416 g/mol. The van der Waals surface area contributed by atoms with Crippen molar-refractivity contribution in [1.29, 1.82) is 0 Å².